The summed E-state index contributed by atoms with van der Waals surface area (Å²) in [6, 6.07) is 0. The monoisotopic (exact) mass is 270 g/mol. The predicted molar refractivity (Wildman–Crippen MR) is 56.2 cm³/mol. The van der Waals surface area contributed by atoms with Gasteiger partial charge in [0.05, 0.1) is 5.41 Å². The van der Waals surface area contributed by atoms with Crippen molar-refractivity contribution in [1.82, 2.24) is 0 Å². The molecule has 1 N–H and O–H groups in total. The second-order valence-electron chi connectivity index (χ2n) is 5.50. The maximum Gasteiger partial charge on any atom is 2.00 e. The van der Waals surface area contributed by atoms with Crippen molar-refractivity contribution in [2.24, 2.45) is 23.2 Å². The van der Waals surface area contributed by atoms with Gasteiger partial charge in [-0.05, 0) is 56.3 Å². The summed E-state index contributed by atoms with van der Waals surface area (Å²) in [5, 5.41) is 9.28. The van der Waals surface area contributed by atoms with Crippen molar-refractivity contribution in [1.29, 1.82) is 0 Å². The van der Waals surface area contributed by atoms with Gasteiger partial charge in [-0.25, -0.2) is 0 Å². The van der Waals surface area contributed by atoms with Crippen LogP contribution in [-0.4, -0.2) is 56.6 Å². The van der Waals surface area contributed by atoms with E-state index in [4.69, 9.17) is 0 Å². The van der Waals surface area contributed by atoms with E-state index in [2.05, 4.69) is 0 Å². The molecule has 0 amide bonds. The second-order valence-corrected chi connectivity index (χ2v) is 5.50. The third-order valence-electron chi connectivity index (χ3n) is 4.49. The van der Waals surface area contributed by atoms with Crippen molar-refractivity contribution in [2.45, 2.75) is 38.5 Å². The van der Waals surface area contributed by atoms with Crippen LogP contribution in [0.2, 0.25) is 0 Å². The van der Waals surface area contributed by atoms with E-state index in [9.17, 15) is 9.90 Å². The van der Waals surface area contributed by atoms with E-state index in [1.165, 1.54) is 19.3 Å². The van der Waals surface area contributed by atoms with Crippen molar-refractivity contribution in [2.75, 3.05) is 0 Å². The van der Waals surface area contributed by atoms with Crippen LogP contribution in [0.4, 0.5) is 0 Å². The van der Waals surface area contributed by atoms with Crippen LogP contribution >= 0.6 is 0 Å². The van der Waals surface area contributed by atoms with Gasteiger partial charge in [-0.15, -0.1) is 0 Å². The van der Waals surface area contributed by atoms with Gasteiger partial charge >= 0.3 is 51.5 Å². The molecule has 0 aromatic rings. The molecule has 2 nitrogen and oxygen atoms in total. The summed E-state index contributed by atoms with van der Waals surface area (Å²) < 4.78 is 0. The Hall–Kier alpha value is 0.951. The van der Waals surface area contributed by atoms with Crippen molar-refractivity contribution in [3.63, 3.8) is 0 Å². The molecule has 4 aliphatic rings. The average Bonchev–Trinajstić information content (AvgIpc) is 2.00. The van der Waals surface area contributed by atoms with Gasteiger partial charge < -0.3 is 7.96 Å². The second kappa shape index (κ2) is 3.76. The minimum absolute atomic E-state index is 0. The van der Waals surface area contributed by atoms with E-state index in [-0.39, 0.29) is 53.7 Å². The summed E-state index contributed by atoms with van der Waals surface area (Å²) in [6.07, 6.45) is 6.92. The molecule has 0 aliphatic heterocycles. The first-order valence-electron chi connectivity index (χ1n) is 5.41. The molecule has 4 rings (SSSR count). The molecule has 0 heterocycles. The molecule has 0 atom stereocenters. The molecule has 3 heteroatoms. The maximum absolute atomic E-state index is 11.3. The van der Waals surface area contributed by atoms with Crippen LogP contribution in [0.3, 0.4) is 0 Å². The summed E-state index contributed by atoms with van der Waals surface area (Å²) in [4.78, 5) is 11.3. The Kier molecular flexibility index (Phi) is 3.07. The SMILES string of the molecule is O=C(O)C12CC3CC(CC(C3)C1)C2.[H-].[H-].[Sr+2]. The minimum atomic E-state index is -0.508. The van der Waals surface area contributed by atoms with Gasteiger partial charge in [-0.1, -0.05) is 0 Å². The van der Waals surface area contributed by atoms with Gasteiger partial charge in [0, 0.05) is 0 Å². The molecular formula is C11H18O2Sr. The first kappa shape index (κ1) is 11.4. The third kappa shape index (κ3) is 1.60. The maximum atomic E-state index is 11.3. The fraction of sp³-hybridized carbons (Fsp3) is 0.909. The fourth-order valence-corrected chi connectivity index (χ4v) is 4.37. The van der Waals surface area contributed by atoms with E-state index < -0.39 is 5.97 Å². The third-order valence-corrected chi connectivity index (χ3v) is 4.49. The van der Waals surface area contributed by atoms with Crippen LogP contribution < -0.4 is 0 Å². The molecule has 0 aromatic carbocycles. The van der Waals surface area contributed by atoms with Crippen LogP contribution in [0.15, 0.2) is 0 Å². The first-order chi connectivity index (χ1) is 6.18. The normalized spacial score (nSPS) is 48.7. The van der Waals surface area contributed by atoms with Gasteiger partial charge in [0.2, 0.25) is 0 Å². The summed E-state index contributed by atoms with van der Waals surface area (Å²) >= 11 is 0. The largest absolute Gasteiger partial charge is 2.00 e. The molecule has 0 aromatic heterocycles. The van der Waals surface area contributed by atoms with Crippen LogP contribution in [0.1, 0.15) is 41.4 Å². The Morgan fingerprint density at radius 1 is 1.07 bits per heavy atom. The number of hydrogen-bond donors (Lipinski definition) is 1. The zero-order valence-electron chi connectivity index (χ0n) is 10.5. The topological polar surface area (TPSA) is 37.3 Å². The summed E-state index contributed by atoms with van der Waals surface area (Å²) in [5.74, 6) is 1.75. The number of rotatable bonds is 1. The minimum Gasteiger partial charge on any atom is -1.00 e. The van der Waals surface area contributed by atoms with Gasteiger partial charge in [-0.2, -0.15) is 0 Å². The van der Waals surface area contributed by atoms with Crippen LogP contribution in [0, 0.1) is 23.2 Å². The molecular weight excluding hydrogens is 252 g/mol. The smallest absolute Gasteiger partial charge is 1.00 e. The van der Waals surface area contributed by atoms with Gasteiger partial charge in [0.15, 0.2) is 0 Å². The van der Waals surface area contributed by atoms with Crippen LogP contribution in [-0.2, 0) is 4.79 Å². The molecule has 4 aliphatic carbocycles. The van der Waals surface area contributed by atoms with E-state index >= 15 is 0 Å². The van der Waals surface area contributed by atoms with Crippen molar-refractivity contribution >= 4 is 51.5 Å². The Balaban J connectivity index is 0.000000750. The number of carbonyl (C=O) groups is 1. The Bertz CT molecular complexity index is 235. The summed E-state index contributed by atoms with van der Waals surface area (Å²) in [6.45, 7) is 0. The van der Waals surface area contributed by atoms with E-state index in [1.807, 2.05) is 0 Å². The Morgan fingerprint density at radius 2 is 1.43 bits per heavy atom. The van der Waals surface area contributed by atoms with E-state index in [1.54, 1.807) is 0 Å². The van der Waals surface area contributed by atoms with E-state index in [0.717, 1.165) is 37.0 Å². The number of carboxylic acids is 1. The number of aliphatic carboxylic acids is 1. The van der Waals surface area contributed by atoms with Crippen molar-refractivity contribution in [3.8, 4) is 0 Å². The summed E-state index contributed by atoms with van der Waals surface area (Å²) in [7, 11) is 0. The van der Waals surface area contributed by atoms with Crippen molar-refractivity contribution < 1.29 is 12.8 Å². The Labute approximate surface area is 125 Å². The van der Waals surface area contributed by atoms with Crippen LogP contribution in [0.5, 0.6) is 0 Å². The van der Waals surface area contributed by atoms with Gasteiger partial charge in [-0.3, -0.25) is 4.79 Å². The molecule has 0 spiro atoms. The summed E-state index contributed by atoms with van der Waals surface area (Å²) in [5.41, 5.74) is -0.283. The van der Waals surface area contributed by atoms with Gasteiger partial charge in [0.25, 0.3) is 0 Å². The first-order valence-corrected chi connectivity index (χ1v) is 5.41. The molecule has 4 fully saturated rings. The molecule has 0 unspecified atom stereocenters. The van der Waals surface area contributed by atoms with Crippen molar-refractivity contribution in [3.05, 3.63) is 0 Å². The molecule has 0 radical (unpaired) electrons. The molecule has 0 saturated heterocycles. The quantitative estimate of drug-likeness (QED) is 0.741. The molecule has 4 saturated carbocycles. The molecule has 4 bridgehead atoms. The number of carboxylic acid groups (broad SMARTS) is 1. The zero-order valence-corrected chi connectivity index (χ0v) is 12.0. The molecule has 14 heavy (non-hydrogen) atoms. The van der Waals surface area contributed by atoms with Crippen LogP contribution in [0.25, 0.3) is 0 Å². The zero-order chi connectivity index (χ0) is 9.05. The molecule has 76 valence electrons. The average molecular weight is 270 g/mol. The van der Waals surface area contributed by atoms with Gasteiger partial charge in [0.1, 0.15) is 0 Å². The Morgan fingerprint density at radius 3 is 1.71 bits per heavy atom. The number of hydrogen-bond acceptors (Lipinski definition) is 1. The fourth-order valence-electron chi connectivity index (χ4n) is 4.37. The van der Waals surface area contributed by atoms with E-state index in [0.29, 0.717) is 0 Å². The predicted octanol–water partition coefficient (Wildman–Crippen LogP) is 2.13. The standard InChI is InChI=1S/C11H16O2.Sr.2H/c12-10(13)11-4-7-1-8(5-11)3-9(2-7)6-11;;;/h7-9H,1-6H2,(H,12,13);;;/q;+2;2*-1.